The first kappa shape index (κ1) is 49.5. The molecule has 2 aliphatic heterocycles. The van der Waals surface area contributed by atoms with Crippen LogP contribution in [-0.2, 0) is 63.4 Å². The Morgan fingerprint density at radius 3 is 2.24 bits per heavy atom. The van der Waals surface area contributed by atoms with E-state index >= 15 is 0 Å². The minimum atomic E-state index is -1.99. The molecule has 0 saturated heterocycles. The number of ether oxygens (including phenoxy) is 2. The number of benzene rings is 3. The summed E-state index contributed by atoms with van der Waals surface area (Å²) in [5.41, 5.74) is 10.5. The highest BCUT2D eigenvalue weighted by atomic mass is 16.6. The van der Waals surface area contributed by atoms with Crippen molar-refractivity contribution in [1.82, 2.24) is 35.7 Å². The van der Waals surface area contributed by atoms with Gasteiger partial charge in [0.25, 0.3) is 5.56 Å². The largest absolute Gasteiger partial charge is 0.458 e. The van der Waals surface area contributed by atoms with Gasteiger partial charge in [0.1, 0.15) is 31.3 Å². The minimum absolute atomic E-state index is 0.00724. The van der Waals surface area contributed by atoms with Gasteiger partial charge in [-0.2, -0.15) is 0 Å². The Balaban J connectivity index is 0.868. The van der Waals surface area contributed by atoms with Crippen LogP contribution in [0.1, 0.15) is 72.9 Å². The number of cyclic esters (lactones) is 1. The Kier molecular flexibility index (Phi) is 14.3. The topological polar surface area (TPSA) is 291 Å². The maximum Gasteiger partial charge on any atom is 0.407 e. The smallest absolute Gasteiger partial charge is 0.407 e. The first-order valence-electron chi connectivity index (χ1n) is 23.3. The average molecular weight is 971 g/mol. The van der Waals surface area contributed by atoms with Gasteiger partial charge in [-0.1, -0.05) is 73.7 Å². The summed E-state index contributed by atoms with van der Waals surface area (Å²) in [4.78, 5) is 111. The Hall–Kier alpha value is -7.97. The third-order valence-corrected chi connectivity index (χ3v) is 13.4. The fourth-order valence-corrected chi connectivity index (χ4v) is 9.57. The highest BCUT2D eigenvalue weighted by molar-refractivity contribution is 5.96. The number of amides is 6. The van der Waals surface area contributed by atoms with Gasteiger partial charge in [-0.15, -0.1) is 0 Å². The number of carbonyl (C=O) groups excluding carboxylic acids is 7. The number of nitrogens with one attached hydrogen (secondary N) is 4. The van der Waals surface area contributed by atoms with Crippen LogP contribution in [0.4, 0.5) is 4.79 Å². The van der Waals surface area contributed by atoms with Gasteiger partial charge in [-0.05, 0) is 66.6 Å². The molecule has 0 bridgehead atoms. The fourth-order valence-electron chi connectivity index (χ4n) is 9.57. The maximum atomic E-state index is 13.9. The lowest BCUT2D eigenvalue weighted by molar-refractivity contribution is -0.172. The van der Waals surface area contributed by atoms with Gasteiger partial charge >= 0.3 is 12.1 Å². The number of likely N-dealkylation sites (N-methyl/N-ethyl adjacent to an activating group) is 1. The maximum absolute atomic E-state index is 13.9. The molecule has 0 unspecified atom stereocenters. The van der Waals surface area contributed by atoms with Crippen LogP contribution in [0.15, 0.2) is 83.7 Å². The normalized spacial score (nSPS) is 16.4. The Bertz CT molecular complexity index is 3000. The van der Waals surface area contributed by atoms with Crippen LogP contribution >= 0.6 is 0 Å². The van der Waals surface area contributed by atoms with Crippen molar-refractivity contribution >= 4 is 52.5 Å². The van der Waals surface area contributed by atoms with E-state index in [1.807, 2.05) is 72.8 Å². The van der Waals surface area contributed by atoms with Crippen LogP contribution < -0.4 is 32.6 Å². The van der Waals surface area contributed by atoms with Crippen LogP contribution in [-0.4, -0.2) is 117 Å². The van der Waals surface area contributed by atoms with E-state index in [1.54, 1.807) is 24.5 Å². The van der Waals surface area contributed by atoms with Crippen molar-refractivity contribution in [2.75, 3.05) is 32.8 Å². The molecule has 3 aromatic carbocycles. The van der Waals surface area contributed by atoms with Crippen LogP contribution in [0.25, 0.3) is 33.4 Å². The summed E-state index contributed by atoms with van der Waals surface area (Å²) < 4.78 is 12.2. The number of alkyl carbamates (subject to hydrolysis) is 1. The number of para-hydroxylation sites is 1. The van der Waals surface area contributed by atoms with Gasteiger partial charge in [0.2, 0.25) is 29.5 Å². The van der Waals surface area contributed by atoms with Crippen molar-refractivity contribution < 1.29 is 53.2 Å². The number of pyridine rings is 2. The van der Waals surface area contributed by atoms with Gasteiger partial charge in [-0.3, -0.25) is 28.8 Å². The van der Waals surface area contributed by atoms with Crippen molar-refractivity contribution in [3.63, 3.8) is 0 Å². The molecule has 6 amide bonds. The molecule has 5 aromatic rings. The monoisotopic (exact) mass is 970 g/mol. The van der Waals surface area contributed by atoms with Gasteiger partial charge in [0, 0.05) is 35.5 Å². The third-order valence-electron chi connectivity index (χ3n) is 13.4. The lowest BCUT2D eigenvalue weighted by atomic mass is 9.86. The van der Waals surface area contributed by atoms with E-state index in [0.717, 1.165) is 38.8 Å². The van der Waals surface area contributed by atoms with E-state index < -0.39 is 90.5 Å². The minimum Gasteiger partial charge on any atom is -0.458 e. The first-order chi connectivity index (χ1) is 34.1. The number of rotatable bonds is 18. The summed E-state index contributed by atoms with van der Waals surface area (Å²) in [5, 5.41) is 31.7. The lowest BCUT2D eigenvalue weighted by Crippen LogP contribution is -2.57. The number of nitrogens with zero attached hydrogens (tertiary/aromatic N) is 3. The second kappa shape index (κ2) is 20.6. The third kappa shape index (κ3) is 9.67. The molecular formula is C51H54N8O12. The van der Waals surface area contributed by atoms with Crippen molar-refractivity contribution in [3.05, 3.63) is 123 Å². The summed E-state index contributed by atoms with van der Waals surface area (Å²) in [7, 11) is 0. The number of aliphatic hydroxyl groups is 2. The van der Waals surface area contributed by atoms with Gasteiger partial charge in [-0.25, -0.2) is 14.6 Å². The summed E-state index contributed by atoms with van der Waals surface area (Å²) in [6.07, 6.45) is -1.33. The molecule has 20 heteroatoms. The molecular weight excluding hydrogens is 917 g/mol. The molecule has 370 valence electrons. The predicted octanol–water partition coefficient (Wildman–Crippen LogP) is 1.35. The number of esters is 1. The summed E-state index contributed by atoms with van der Waals surface area (Å²) in [6.45, 7) is 3.54. The summed E-state index contributed by atoms with van der Waals surface area (Å²) in [6, 6.07) is 20.1. The molecule has 0 fully saturated rings. The molecule has 0 radical (unpaired) electrons. The molecule has 71 heavy (non-hydrogen) atoms. The van der Waals surface area contributed by atoms with Crippen molar-refractivity contribution in [2.24, 2.45) is 5.73 Å². The molecule has 4 heterocycles. The highest BCUT2D eigenvalue weighted by Crippen LogP contribution is 2.45. The van der Waals surface area contributed by atoms with Gasteiger partial charge in [0.05, 0.1) is 48.6 Å². The van der Waals surface area contributed by atoms with Gasteiger partial charge in [0.15, 0.2) is 5.60 Å². The van der Waals surface area contributed by atoms with Crippen molar-refractivity contribution in [3.8, 4) is 22.5 Å². The average Bonchev–Trinajstić information content (AvgIpc) is 3.90. The number of hydrogen-bond acceptors (Lipinski definition) is 13. The van der Waals surface area contributed by atoms with E-state index in [0.29, 0.717) is 23.3 Å². The van der Waals surface area contributed by atoms with E-state index in [2.05, 4.69) is 21.3 Å². The van der Waals surface area contributed by atoms with Crippen molar-refractivity contribution in [1.29, 1.82) is 0 Å². The molecule has 2 aromatic heterocycles. The number of primary amides is 1. The van der Waals surface area contributed by atoms with Crippen LogP contribution in [0.3, 0.4) is 0 Å². The SMILES string of the molecule is CCN(CCc1c2c(nc3ccccc13)-c1cc3c(c(=O)n1C2)COC(=O)[C@]3(O)CC)C(=O)CNC(=O)[C@H](CC(N)=O)NC(=O)[C@H](C)NC(=O)[C@H](CO)NC(=O)OCC1c2ccccc2-c2ccccc21. The zero-order valence-electron chi connectivity index (χ0n) is 39.3. The number of aliphatic hydroxyl groups excluding tert-OH is 1. The quantitative estimate of drug-likeness (QED) is 0.0600. The second-order valence-corrected chi connectivity index (χ2v) is 17.6. The molecule has 8 rings (SSSR count). The predicted molar refractivity (Wildman–Crippen MR) is 256 cm³/mol. The Morgan fingerprint density at radius 1 is 0.901 bits per heavy atom. The molecule has 20 nitrogen and oxygen atoms in total. The first-order valence-corrected chi connectivity index (χ1v) is 23.3. The summed E-state index contributed by atoms with van der Waals surface area (Å²) in [5.74, 6) is -5.28. The molecule has 4 atom stereocenters. The molecule has 0 spiro atoms. The van der Waals surface area contributed by atoms with Gasteiger partial charge < -0.3 is 56.2 Å². The summed E-state index contributed by atoms with van der Waals surface area (Å²) >= 11 is 0. The van der Waals surface area contributed by atoms with E-state index in [9.17, 15) is 48.6 Å². The van der Waals surface area contributed by atoms with Crippen LogP contribution in [0.2, 0.25) is 0 Å². The Labute approximate surface area is 406 Å². The fraction of sp³-hybridized carbons (Fsp3) is 0.353. The number of nitrogens with two attached hydrogens (primary N) is 1. The van der Waals surface area contributed by atoms with E-state index in [1.165, 1.54) is 11.8 Å². The van der Waals surface area contributed by atoms with E-state index in [4.69, 9.17) is 20.2 Å². The molecule has 0 saturated carbocycles. The zero-order valence-corrected chi connectivity index (χ0v) is 39.3. The number of aromatic nitrogens is 2. The zero-order chi connectivity index (χ0) is 50.7. The van der Waals surface area contributed by atoms with Crippen LogP contribution in [0, 0.1) is 0 Å². The molecule has 8 N–H and O–H groups in total. The molecule has 1 aliphatic carbocycles. The standard InChI is InChI=1S/C51H54N8O12/c1-4-51(69)37-20-41-44-34(23-59(41)48(66)36(37)26-70-49(51)67)32(33-16-10-11-17-38(33)55-44)18-19-58(5-2)43(62)22-53-46(64)39(21-42(52)61)56-45(63)27(3)54-47(65)40(24-60)57-50(68)71-25-35-30-14-8-6-12-28(30)29-13-7-9-15-31(29)35/h6-17,20,27,35,39-40,60,69H,4-5,18-19,21-26H2,1-3H3,(H2,52,61)(H,53,64)(H,54,65)(H,56,63)(H,57,68)/t27-,39-,40-,51-/m0/s1. The van der Waals surface area contributed by atoms with Crippen molar-refractivity contribution in [2.45, 2.75) is 82.8 Å². The van der Waals surface area contributed by atoms with Crippen LogP contribution in [0.5, 0.6) is 0 Å². The Morgan fingerprint density at radius 2 is 1.58 bits per heavy atom. The second-order valence-electron chi connectivity index (χ2n) is 17.6. The number of carbonyl (C=O) groups is 7. The number of fused-ring (bicyclic) bond motifs is 8. The lowest BCUT2D eigenvalue weighted by Gasteiger charge is -2.31. The molecule has 3 aliphatic rings. The number of hydrogen-bond donors (Lipinski definition) is 7. The highest BCUT2D eigenvalue weighted by Gasteiger charge is 2.45. The van der Waals surface area contributed by atoms with E-state index in [-0.39, 0.29) is 56.3 Å².